The highest BCUT2D eigenvalue weighted by atomic mass is 16.2. The molecule has 4 nitrogen and oxygen atoms in total. The minimum Gasteiger partial charge on any atom is -0.346 e. The summed E-state index contributed by atoms with van der Waals surface area (Å²) in [6, 6.07) is 0. The van der Waals surface area contributed by atoms with Gasteiger partial charge in [0.1, 0.15) is 0 Å². The average Bonchev–Trinajstić information content (AvgIpc) is 2.36. The third kappa shape index (κ3) is 4.94. The maximum Gasteiger partial charge on any atom is 0.223 e. The largest absolute Gasteiger partial charge is 0.346 e. The molecule has 0 spiro atoms. The summed E-state index contributed by atoms with van der Waals surface area (Å²) in [5, 5.41) is 0. The second-order valence-electron chi connectivity index (χ2n) is 5.75. The molecule has 0 saturated carbocycles. The molecule has 0 aliphatic carbocycles. The SMILES string of the molecule is CC1CCN(CCC(=O)N(C)CCCN)CC1C. The number of rotatable bonds is 6. The fourth-order valence-corrected chi connectivity index (χ4v) is 2.45. The van der Waals surface area contributed by atoms with Crippen LogP contribution in [0.3, 0.4) is 0 Å². The smallest absolute Gasteiger partial charge is 0.223 e. The van der Waals surface area contributed by atoms with Crippen LogP contribution in [0.25, 0.3) is 0 Å². The van der Waals surface area contributed by atoms with Crippen LogP contribution in [-0.4, -0.2) is 55.5 Å². The monoisotopic (exact) mass is 255 g/mol. The number of hydrogen-bond donors (Lipinski definition) is 1. The van der Waals surface area contributed by atoms with Gasteiger partial charge in [-0.05, 0) is 37.8 Å². The van der Waals surface area contributed by atoms with E-state index in [1.165, 1.54) is 6.42 Å². The minimum atomic E-state index is 0.245. The molecule has 2 N–H and O–H groups in total. The van der Waals surface area contributed by atoms with E-state index in [9.17, 15) is 4.79 Å². The van der Waals surface area contributed by atoms with E-state index in [2.05, 4.69) is 18.7 Å². The minimum absolute atomic E-state index is 0.245. The van der Waals surface area contributed by atoms with E-state index in [1.807, 2.05) is 11.9 Å². The molecule has 2 atom stereocenters. The van der Waals surface area contributed by atoms with Gasteiger partial charge in [0.25, 0.3) is 0 Å². The Morgan fingerprint density at radius 1 is 1.39 bits per heavy atom. The zero-order chi connectivity index (χ0) is 13.5. The topological polar surface area (TPSA) is 49.6 Å². The molecule has 0 bridgehead atoms. The second-order valence-corrected chi connectivity index (χ2v) is 5.75. The Hall–Kier alpha value is -0.610. The Kier molecular flexibility index (Phi) is 6.65. The van der Waals surface area contributed by atoms with Crippen LogP contribution in [0.15, 0.2) is 0 Å². The highest BCUT2D eigenvalue weighted by Gasteiger charge is 2.22. The van der Waals surface area contributed by atoms with E-state index in [0.717, 1.165) is 44.4 Å². The molecule has 106 valence electrons. The van der Waals surface area contributed by atoms with Gasteiger partial charge in [0.05, 0.1) is 0 Å². The number of nitrogens with zero attached hydrogens (tertiary/aromatic N) is 2. The Morgan fingerprint density at radius 3 is 2.72 bits per heavy atom. The lowest BCUT2D eigenvalue weighted by atomic mass is 9.88. The standard InChI is InChI=1S/C14H29N3O/c1-12-5-9-17(11-13(12)2)10-6-14(18)16(3)8-4-7-15/h12-13H,4-11,15H2,1-3H3. The Morgan fingerprint density at radius 2 is 2.11 bits per heavy atom. The zero-order valence-corrected chi connectivity index (χ0v) is 12.2. The summed E-state index contributed by atoms with van der Waals surface area (Å²) in [4.78, 5) is 16.1. The summed E-state index contributed by atoms with van der Waals surface area (Å²) in [5.41, 5.74) is 5.45. The summed E-state index contributed by atoms with van der Waals surface area (Å²) in [5.74, 6) is 1.82. The number of carbonyl (C=O) groups is 1. The van der Waals surface area contributed by atoms with Crippen molar-refractivity contribution in [3.05, 3.63) is 0 Å². The number of amides is 1. The van der Waals surface area contributed by atoms with Gasteiger partial charge in [-0.3, -0.25) is 4.79 Å². The van der Waals surface area contributed by atoms with Crippen LogP contribution in [-0.2, 0) is 4.79 Å². The van der Waals surface area contributed by atoms with Crippen molar-refractivity contribution >= 4 is 5.91 Å². The number of nitrogens with two attached hydrogens (primary N) is 1. The number of piperidine rings is 1. The molecule has 0 radical (unpaired) electrons. The number of hydrogen-bond acceptors (Lipinski definition) is 3. The van der Waals surface area contributed by atoms with Crippen molar-refractivity contribution in [2.45, 2.75) is 33.1 Å². The van der Waals surface area contributed by atoms with Crippen molar-refractivity contribution < 1.29 is 4.79 Å². The van der Waals surface area contributed by atoms with E-state index in [4.69, 9.17) is 5.73 Å². The zero-order valence-electron chi connectivity index (χ0n) is 12.2. The molecule has 0 aromatic carbocycles. The predicted molar refractivity (Wildman–Crippen MR) is 75.3 cm³/mol. The summed E-state index contributed by atoms with van der Waals surface area (Å²) in [6.07, 6.45) is 2.79. The third-order valence-electron chi connectivity index (χ3n) is 4.18. The fourth-order valence-electron chi connectivity index (χ4n) is 2.45. The number of likely N-dealkylation sites (tertiary alicyclic amines) is 1. The molecule has 1 fully saturated rings. The third-order valence-corrected chi connectivity index (χ3v) is 4.18. The van der Waals surface area contributed by atoms with E-state index in [0.29, 0.717) is 13.0 Å². The normalized spacial score (nSPS) is 25.1. The highest BCUT2D eigenvalue weighted by Crippen LogP contribution is 2.22. The fraction of sp³-hybridized carbons (Fsp3) is 0.929. The van der Waals surface area contributed by atoms with Gasteiger partial charge in [-0.2, -0.15) is 0 Å². The van der Waals surface area contributed by atoms with Gasteiger partial charge < -0.3 is 15.5 Å². The molecule has 1 rings (SSSR count). The Labute approximate surface area is 111 Å². The summed E-state index contributed by atoms with van der Waals surface area (Å²) in [7, 11) is 1.87. The lowest BCUT2D eigenvalue weighted by molar-refractivity contribution is -0.130. The maximum atomic E-state index is 11.9. The van der Waals surface area contributed by atoms with Crippen LogP contribution in [0.1, 0.15) is 33.1 Å². The van der Waals surface area contributed by atoms with Gasteiger partial charge in [0.2, 0.25) is 5.91 Å². The molecule has 1 aliphatic heterocycles. The van der Waals surface area contributed by atoms with Crippen LogP contribution >= 0.6 is 0 Å². The Bertz CT molecular complexity index is 257. The summed E-state index contributed by atoms with van der Waals surface area (Å²) in [6.45, 7) is 9.26. The van der Waals surface area contributed by atoms with Crippen molar-refractivity contribution in [1.29, 1.82) is 0 Å². The van der Waals surface area contributed by atoms with Crippen LogP contribution < -0.4 is 5.73 Å². The van der Waals surface area contributed by atoms with Gasteiger partial charge in [-0.15, -0.1) is 0 Å². The van der Waals surface area contributed by atoms with Crippen LogP contribution in [0.2, 0.25) is 0 Å². The van der Waals surface area contributed by atoms with E-state index < -0.39 is 0 Å². The first-order valence-corrected chi connectivity index (χ1v) is 7.21. The molecule has 1 amide bonds. The predicted octanol–water partition coefficient (Wildman–Crippen LogP) is 1.16. The molecule has 18 heavy (non-hydrogen) atoms. The van der Waals surface area contributed by atoms with E-state index in [-0.39, 0.29) is 5.91 Å². The molecule has 2 unspecified atom stereocenters. The molecule has 4 heteroatoms. The second kappa shape index (κ2) is 7.74. The molecule has 0 aromatic heterocycles. The molecular formula is C14H29N3O. The van der Waals surface area contributed by atoms with Crippen molar-refractivity contribution in [3.8, 4) is 0 Å². The van der Waals surface area contributed by atoms with Crippen LogP contribution in [0.4, 0.5) is 0 Å². The lowest BCUT2D eigenvalue weighted by Gasteiger charge is -2.35. The molecule has 1 aliphatic rings. The van der Waals surface area contributed by atoms with Crippen molar-refractivity contribution in [1.82, 2.24) is 9.80 Å². The van der Waals surface area contributed by atoms with Gasteiger partial charge >= 0.3 is 0 Å². The van der Waals surface area contributed by atoms with Crippen molar-refractivity contribution in [2.24, 2.45) is 17.6 Å². The Balaban J connectivity index is 2.22. The molecule has 1 heterocycles. The first-order chi connectivity index (χ1) is 8.54. The summed E-state index contributed by atoms with van der Waals surface area (Å²) < 4.78 is 0. The summed E-state index contributed by atoms with van der Waals surface area (Å²) >= 11 is 0. The van der Waals surface area contributed by atoms with Crippen LogP contribution in [0, 0.1) is 11.8 Å². The number of carbonyl (C=O) groups excluding carboxylic acids is 1. The van der Waals surface area contributed by atoms with Crippen LogP contribution in [0.5, 0.6) is 0 Å². The first-order valence-electron chi connectivity index (χ1n) is 7.21. The van der Waals surface area contributed by atoms with Gasteiger partial charge in [0.15, 0.2) is 0 Å². The highest BCUT2D eigenvalue weighted by molar-refractivity contribution is 5.76. The van der Waals surface area contributed by atoms with Gasteiger partial charge in [0, 0.05) is 33.1 Å². The van der Waals surface area contributed by atoms with Gasteiger partial charge in [-0.1, -0.05) is 13.8 Å². The molecule has 0 aromatic rings. The van der Waals surface area contributed by atoms with Crippen molar-refractivity contribution in [2.75, 3.05) is 39.8 Å². The first kappa shape index (κ1) is 15.4. The van der Waals surface area contributed by atoms with Gasteiger partial charge in [-0.25, -0.2) is 0 Å². The lowest BCUT2D eigenvalue weighted by Crippen LogP contribution is -2.40. The average molecular weight is 255 g/mol. The quantitative estimate of drug-likeness (QED) is 0.775. The van der Waals surface area contributed by atoms with E-state index >= 15 is 0 Å². The van der Waals surface area contributed by atoms with E-state index in [1.54, 1.807) is 0 Å². The maximum absolute atomic E-state index is 11.9. The molecular weight excluding hydrogens is 226 g/mol. The molecule has 1 saturated heterocycles. The van der Waals surface area contributed by atoms with Crippen molar-refractivity contribution in [3.63, 3.8) is 0 Å².